The van der Waals surface area contributed by atoms with Crippen molar-refractivity contribution in [3.05, 3.63) is 65.4 Å². The Hall–Kier alpha value is -3.10. The number of hydrogen-bond acceptors (Lipinski definition) is 4. The summed E-state index contributed by atoms with van der Waals surface area (Å²) in [7, 11) is 0. The van der Waals surface area contributed by atoms with Gasteiger partial charge in [0, 0.05) is 54.0 Å². The summed E-state index contributed by atoms with van der Waals surface area (Å²) >= 11 is 0. The molecule has 28 heavy (non-hydrogen) atoms. The van der Waals surface area contributed by atoms with Crippen LogP contribution in [-0.4, -0.2) is 48.4 Å². The number of anilines is 1. The smallest absolute Gasteiger partial charge is 0.179 e. The summed E-state index contributed by atoms with van der Waals surface area (Å²) in [5.74, 6) is 0.182. The molecule has 1 aliphatic rings. The number of aromatic amines is 1. The number of fused-ring (bicyclic) bond motifs is 1. The highest BCUT2D eigenvalue weighted by atomic mass is 16.1. The number of aryl methyl sites for hydroxylation is 1. The van der Waals surface area contributed by atoms with Crippen LogP contribution in [0.25, 0.3) is 10.9 Å². The highest BCUT2D eigenvalue weighted by molar-refractivity contribution is 6.10. The van der Waals surface area contributed by atoms with Gasteiger partial charge in [0.15, 0.2) is 5.78 Å². The van der Waals surface area contributed by atoms with Crippen LogP contribution in [0.15, 0.2) is 48.5 Å². The molecule has 0 radical (unpaired) electrons. The number of carbonyl (C=O) groups excluding carboxylic acids is 1. The van der Waals surface area contributed by atoms with Crippen molar-refractivity contribution >= 4 is 22.4 Å². The van der Waals surface area contributed by atoms with Gasteiger partial charge in [-0.3, -0.25) is 9.69 Å². The van der Waals surface area contributed by atoms with Gasteiger partial charge in [0.1, 0.15) is 0 Å². The maximum atomic E-state index is 13.0. The van der Waals surface area contributed by atoms with Crippen LogP contribution in [0.1, 0.15) is 28.0 Å². The van der Waals surface area contributed by atoms with Gasteiger partial charge in [-0.2, -0.15) is 5.26 Å². The first-order valence-electron chi connectivity index (χ1n) is 9.73. The predicted molar refractivity (Wildman–Crippen MR) is 112 cm³/mol. The fourth-order valence-corrected chi connectivity index (χ4v) is 4.05. The van der Waals surface area contributed by atoms with Crippen molar-refractivity contribution in [1.29, 1.82) is 5.26 Å². The van der Waals surface area contributed by atoms with E-state index >= 15 is 0 Å². The van der Waals surface area contributed by atoms with Crippen LogP contribution in [0.3, 0.4) is 0 Å². The fraction of sp³-hybridized carbons (Fsp3) is 0.304. The zero-order valence-corrected chi connectivity index (χ0v) is 16.1. The number of rotatable bonds is 4. The molecule has 3 aromatic rings. The molecule has 0 amide bonds. The predicted octanol–water partition coefficient (Wildman–Crippen LogP) is 3.74. The van der Waals surface area contributed by atoms with E-state index in [4.69, 9.17) is 5.26 Å². The van der Waals surface area contributed by atoms with Crippen molar-refractivity contribution in [2.45, 2.75) is 13.3 Å². The second-order valence-corrected chi connectivity index (χ2v) is 7.37. The van der Waals surface area contributed by atoms with E-state index in [0.29, 0.717) is 12.1 Å². The van der Waals surface area contributed by atoms with E-state index < -0.39 is 0 Å². The van der Waals surface area contributed by atoms with E-state index in [0.717, 1.165) is 60.4 Å². The summed E-state index contributed by atoms with van der Waals surface area (Å²) in [6.45, 7) is 6.04. The second kappa shape index (κ2) is 7.87. The van der Waals surface area contributed by atoms with Gasteiger partial charge in [-0.15, -0.1) is 0 Å². The molecule has 0 unspecified atom stereocenters. The molecule has 0 saturated carbocycles. The first-order chi connectivity index (χ1) is 13.7. The lowest BCUT2D eigenvalue weighted by Crippen LogP contribution is -2.34. The zero-order valence-electron chi connectivity index (χ0n) is 16.1. The van der Waals surface area contributed by atoms with Crippen molar-refractivity contribution in [3.8, 4) is 6.07 Å². The largest absolute Gasteiger partial charge is 0.370 e. The number of hydrogen-bond donors (Lipinski definition) is 1. The molecule has 0 atom stereocenters. The number of H-pyrrole nitrogens is 1. The molecule has 2 heterocycles. The van der Waals surface area contributed by atoms with Crippen LogP contribution in [0.4, 0.5) is 5.69 Å². The molecule has 1 saturated heterocycles. The highest BCUT2D eigenvalue weighted by Gasteiger charge is 2.21. The minimum Gasteiger partial charge on any atom is -0.370 e. The number of nitrogens with zero attached hydrogens (tertiary/aromatic N) is 3. The van der Waals surface area contributed by atoms with E-state index in [1.165, 1.54) is 0 Å². The molecule has 1 fully saturated rings. The molecule has 1 N–H and O–H groups in total. The van der Waals surface area contributed by atoms with Crippen LogP contribution < -0.4 is 4.90 Å². The highest BCUT2D eigenvalue weighted by Crippen LogP contribution is 2.23. The van der Waals surface area contributed by atoms with Crippen LogP contribution in [-0.2, 0) is 0 Å². The van der Waals surface area contributed by atoms with Gasteiger partial charge in [0.2, 0.25) is 0 Å². The summed E-state index contributed by atoms with van der Waals surface area (Å²) in [6, 6.07) is 17.9. The fourth-order valence-electron chi connectivity index (χ4n) is 4.05. The minimum absolute atomic E-state index is 0.182. The molecule has 4 rings (SSSR count). The van der Waals surface area contributed by atoms with Gasteiger partial charge in [-0.05, 0) is 43.7 Å². The van der Waals surface area contributed by atoms with E-state index in [2.05, 4.69) is 20.9 Å². The third kappa shape index (κ3) is 3.64. The van der Waals surface area contributed by atoms with E-state index in [9.17, 15) is 4.79 Å². The Balaban J connectivity index is 1.44. The van der Waals surface area contributed by atoms with Crippen molar-refractivity contribution < 1.29 is 4.79 Å². The first-order valence-corrected chi connectivity index (χ1v) is 9.73. The molecule has 0 aliphatic carbocycles. The lowest BCUT2D eigenvalue weighted by Gasteiger charge is -2.23. The Labute approximate surface area is 165 Å². The normalized spacial score (nSPS) is 15.4. The zero-order chi connectivity index (χ0) is 19.5. The summed E-state index contributed by atoms with van der Waals surface area (Å²) in [6.07, 6.45) is 1.01. The maximum Gasteiger partial charge on any atom is 0.179 e. The average Bonchev–Trinajstić information content (AvgIpc) is 2.88. The number of carbonyl (C=O) groups is 1. The maximum absolute atomic E-state index is 13.0. The Morgan fingerprint density at radius 1 is 1.07 bits per heavy atom. The molecule has 0 spiro atoms. The van der Waals surface area contributed by atoms with Crippen molar-refractivity contribution in [1.82, 2.24) is 9.88 Å². The SMILES string of the molecule is Cc1[nH]c2ccccc2c1C(=O)CN1CCCN(c2ccc(C#N)cc2)CC1. The number of para-hydroxylation sites is 1. The van der Waals surface area contributed by atoms with Crippen LogP contribution in [0, 0.1) is 18.3 Å². The average molecular weight is 372 g/mol. The van der Waals surface area contributed by atoms with Gasteiger partial charge in [0.05, 0.1) is 18.2 Å². The van der Waals surface area contributed by atoms with Gasteiger partial charge in [-0.25, -0.2) is 0 Å². The quantitative estimate of drug-likeness (QED) is 0.709. The van der Waals surface area contributed by atoms with Crippen molar-refractivity contribution in [2.75, 3.05) is 37.6 Å². The lowest BCUT2D eigenvalue weighted by atomic mass is 10.1. The Morgan fingerprint density at radius 2 is 1.86 bits per heavy atom. The van der Waals surface area contributed by atoms with E-state index in [1.54, 1.807) is 0 Å². The Bertz CT molecular complexity index is 1030. The van der Waals surface area contributed by atoms with E-state index in [-0.39, 0.29) is 5.78 Å². The molecular formula is C23H24N4O. The molecule has 5 nitrogen and oxygen atoms in total. The molecule has 0 bridgehead atoms. The standard InChI is InChI=1S/C23H24N4O/c1-17-23(20-5-2-3-6-21(20)25-17)22(28)16-26-11-4-12-27(14-13-26)19-9-7-18(15-24)8-10-19/h2-3,5-10,25H,4,11-14,16H2,1H3. The number of nitriles is 1. The van der Waals surface area contributed by atoms with Crippen molar-refractivity contribution in [2.24, 2.45) is 0 Å². The molecule has 2 aromatic carbocycles. The molecule has 5 heteroatoms. The third-order valence-corrected chi connectivity index (χ3v) is 5.49. The van der Waals surface area contributed by atoms with Crippen LogP contribution >= 0.6 is 0 Å². The van der Waals surface area contributed by atoms with Gasteiger partial charge >= 0.3 is 0 Å². The Morgan fingerprint density at radius 3 is 2.64 bits per heavy atom. The number of ketones is 1. The summed E-state index contributed by atoms with van der Waals surface area (Å²) < 4.78 is 0. The number of aromatic nitrogens is 1. The number of Topliss-reactive ketones (excluding diaryl/α,β-unsaturated/α-hetero) is 1. The van der Waals surface area contributed by atoms with Crippen LogP contribution in [0.5, 0.6) is 0 Å². The topological polar surface area (TPSA) is 63.1 Å². The van der Waals surface area contributed by atoms with Crippen molar-refractivity contribution in [3.63, 3.8) is 0 Å². The Kier molecular flexibility index (Phi) is 5.14. The monoisotopic (exact) mass is 372 g/mol. The molecular weight excluding hydrogens is 348 g/mol. The summed E-state index contributed by atoms with van der Waals surface area (Å²) in [5.41, 5.74) is 4.61. The van der Waals surface area contributed by atoms with E-state index in [1.807, 2.05) is 55.5 Å². The van der Waals surface area contributed by atoms with Crippen LogP contribution in [0.2, 0.25) is 0 Å². The summed E-state index contributed by atoms with van der Waals surface area (Å²) in [5, 5.41) is 9.97. The second-order valence-electron chi connectivity index (χ2n) is 7.37. The third-order valence-electron chi connectivity index (χ3n) is 5.49. The lowest BCUT2D eigenvalue weighted by molar-refractivity contribution is 0.0936. The minimum atomic E-state index is 0.182. The molecule has 1 aliphatic heterocycles. The summed E-state index contributed by atoms with van der Waals surface area (Å²) in [4.78, 5) is 21.0. The number of nitrogens with one attached hydrogen (secondary N) is 1. The number of benzene rings is 2. The molecule has 1 aromatic heterocycles. The molecule has 142 valence electrons. The van der Waals surface area contributed by atoms with Gasteiger partial charge < -0.3 is 9.88 Å². The van der Waals surface area contributed by atoms with Gasteiger partial charge in [-0.1, -0.05) is 18.2 Å². The first kappa shape index (κ1) is 18.3. The van der Waals surface area contributed by atoms with Gasteiger partial charge in [0.25, 0.3) is 0 Å².